The molecule has 1 N–H and O–H groups in total. The molecule has 1 aromatic carbocycles. The van der Waals surface area contributed by atoms with Crippen LogP contribution in [0.2, 0.25) is 0 Å². The summed E-state index contributed by atoms with van der Waals surface area (Å²) in [4.78, 5) is 14.0. The second kappa shape index (κ2) is 10.9. The van der Waals surface area contributed by atoms with Crippen molar-refractivity contribution < 1.29 is 22.1 Å². The van der Waals surface area contributed by atoms with Crippen molar-refractivity contribution in [3.63, 3.8) is 0 Å². The highest BCUT2D eigenvalue weighted by Gasteiger charge is 2.15. The van der Waals surface area contributed by atoms with Crippen LogP contribution < -0.4 is 9.50 Å². The first-order chi connectivity index (χ1) is 11.9. The van der Waals surface area contributed by atoms with E-state index in [0.717, 1.165) is 18.4 Å². The average molecular weight is 372 g/mol. The number of hydrogen-bond donors (Lipinski definition) is 1. The zero-order valence-electron chi connectivity index (χ0n) is 15.2. The van der Waals surface area contributed by atoms with Gasteiger partial charge in [0.05, 0.1) is 12.4 Å². The Bertz CT molecular complexity index is 634. The predicted molar refractivity (Wildman–Crippen MR) is 97.1 cm³/mol. The lowest BCUT2D eigenvalue weighted by Gasteiger charge is -2.23. The van der Waals surface area contributed by atoms with Gasteiger partial charge in [0.15, 0.2) is 0 Å². The lowest BCUT2D eigenvalue weighted by atomic mass is 10.2. The molecule has 25 heavy (non-hydrogen) atoms. The van der Waals surface area contributed by atoms with Crippen LogP contribution in [0.5, 0.6) is 5.75 Å². The van der Waals surface area contributed by atoms with Crippen molar-refractivity contribution in [3.05, 3.63) is 29.8 Å². The molecule has 8 heteroatoms. The summed E-state index contributed by atoms with van der Waals surface area (Å²) < 4.78 is 33.3. The molecule has 142 valence electrons. The number of carbonyl (C=O) groups excluding carboxylic acids is 1. The van der Waals surface area contributed by atoms with Crippen LogP contribution in [0, 0.1) is 0 Å². The number of rotatable bonds is 11. The standard InChI is InChI=1S/C17H28N2O5S/c1-4-6-10-18-17(20)19(11-12-23-3)14-15-8-7-9-16(13-15)24-25(21,22)5-2/h7-9,13H,4-6,10-12,14H2,1-3H3,(H,18,20). The molecule has 0 aliphatic heterocycles. The summed E-state index contributed by atoms with van der Waals surface area (Å²) in [5.41, 5.74) is 0.783. The molecule has 0 heterocycles. The quantitative estimate of drug-likeness (QED) is 0.476. The van der Waals surface area contributed by atoms with Crippen molar-refractivity contribution in [2.24, 2.45) is 0 Å². The molecular weight excluding hydrogens is 344 g/mol. The van der Waals surface area contributed by atoms with Crippen molar-refractivity contribution >= 4 is 16.1 Å². The summed E-state index contributed by atoms with van der Waals surface area (Å²) in [6, 6.07) is 6.58. The van der Waals surface area contributed by atoms with Gasteiger partial charge in [0.2, 0.25) is 0 Å². The van der Waals surface area contributed by atoms with E-state index in [1.165, 1.54) is 6.92 Å². The molecule has 1 rings (SSSR count). The maximum Gasteiger partial charge on any atom is 0.317 e. The second-order valence-electron chi connectivity index (χ2n) is 5.58. The molecule has 0 radical (unpaired) electrons. The molecule has 0 aliphatic carbocycles. The van der Waals surface area contributed by atoms with Crippen molar-refractivity contribution in [3.8, 4) is 5.75 Å². The minimum Gasteiger partial charge on any atom is -0.383 e. The first-order valence-corrected chi connectivity index (χ1v) is 10.0. The molecule has 0 spiro atoms. The normalized spacial score (nSPS) is 11.2. The summed E-state index contributed by atoms with van der Waals surface area (Å²) in [7, 11) is -2.00. The molecule has 0 aliphatic rings. The van der Waals surface area contributed by atoms with Gasteiger partial charge in [-0.15, -0.1) is 0 Å². The summed E-state index contributed by atoms with van der Waals surface area (Å²) >= 11 is 0. The van der Waals surface area contributed by atoms with Gasteiger partial charge >= 0.3 is 16.1 Å². The Morgan fingerprint density at radius 3 is 2.68 bits per heavy atom. The van der Waals surface area contributed by atoms with Crippen LogP contribution in [-0.2, 0) is 21.4 Å². The smallest absolute Gasteiger partial charge is 0.317 e. The average Bonchev–Trinajstić information content (AvgIpc) is 2.58. The maximum atomic E-state index is 12.3. The molecule has 0 saturated heterocycles. The van der Waals surface area contributed by atoms with Crippen molar-refractivity contribution in [1.29, 1.82) is 0 Å². The summed E-state index contributed by atoms with van der Waals surface area (Å²) in [6.07, 6.45) is 1.92. The van der Waals surface area contributed by atoms with E-state index in [9.17, 15) is 13.2 Å². The Kier molecular flexibility index (Phi) is 9.30. The third-order valence-electron chi connectivity index (χ3n) is 3.51. The molecular formula is C17H28N2O5S. The summed E-state index contributed by atoms with van der Waals surface area (Å²) in [5.74, 6) is 0.147. The lowest BCUT2D eigenvalue weighted by molar-refractivity contribution is 0.146. The molecule has 0 bridgehead atoms. The van der Waals surface area contributed by atoms with Gasteiger partial charge in [-0.3, -0.25) is 0 Å². The molecule has 0 saturated carbocycles. The van der Waals surface area contributed by atoms with Gasteiger partial charge < -0.3 is 19.1 Å². The Labute approximate surface area is 150 Å². The molecule has 0 fully saturated rings. The number of urea groups is 1. The highest BCUT2D eigenvalue weighted by molar-refractivity contribution is 7.87. The number of nitrogens with one attached hydrogen (secondary N) is 1. The van der Waals surface area contributed by atoms with Crippen LogP contribution in [0.15, 0.2) is 24.3 Å². The molecule has 0 atom stereocenters. The van der Waals surface area contributed by atoms with Gasteiger partial charge in [-0.2, -0.15) is 8.42 Å². The van der Waals surface area contributed by atoms with E-state index >= 15 is 0 Å². The van der Waals surface area contributed by atoms with Gasteiger partial charge in [0.25, 0.3) is 0 Å². The van der Waals surface area contributed by atoms with Crippen LogP contribution >= 0.6 is 0 Å². The van der Waals surface area contributed by atoms with E-state index in [-0.39, 0.29) is 17.5 Å². The fraction of sp³-hybridized carbons (Fsp3) is 0.588. The van der Waals surface area contributed by atoms with Crippen LogP contribution in [0.3, 0.4) is 0 Å². The summed E-state index contributed by atoms with van der Waals surface area (Å²) in [5, 5.41) is 2.88. The second-order valence-corrected chi connectivity index (χ2v) is 7.44. The van der Waals surface area contributed by atoms with Crippen LogP contribution in [0.25, 0.3) is 0 Å². The van der Waals surface area contributed by atoms with Gasteiger partial charge in [-0.25, -0.2) is 4.79 Å². The van der Waals surface area contributed by atoms with Crippen LogP contribution in [-0.4, -0.2) is 51.9 Å². The Morgan fingerprint density at radius 2 is 2.04 bits per heavy atom. The number of amides is 2. The fourth-order valence-electron chi connectivity index (χ4n) is 2.06. The Morgan fingerprint density at radius 1 is 1.28 bits per heavy atom. The molecule has 2 amide bonds. The number of ether oxygens (including phenoxy) is 1. The zero-order chi connectivity index (χ0) is 18.7. The van der Waals surface area contributed by atoms with E-state index in [1.807, 2.05) is 6.07 Å². The lowest BCUT2D eigenvalue weighted by Crippen LogP contribution is -2.41. The van der Waals surface area contributed by atoms with Crippen molar-refractivity contribution in [2.45, 2.75) is 33.2 Å². The van der Waals surface area contributed by atoms with Gasteiger partial charge in [-0.1, -0.05) is 25.5 Å². The largest absolute Gasteiger partial charge is 0.383 e. The zero-order valence-corrected chi connectivity index (χ0v) is 16.0. The van der Waals surface area contributed by atoms with E-state index in [2.05, 4.69) is 12.2 Å². The fourth-order valence-corrected chi connectivity index (χ4v) is 2.57. The number of unbranched alkanes of at least 4 members (excludes halogenated alkanes) is 1. The Balaban J connectivity index is 2.80. The van der Waals surface area contributed by atoms with Crippen LogP contribution in [0.4, 0.5) is 4.79 Å². The topological polar surface area (TPSA) is 84.9 Å². The Hall–Kier alpha value is -1.80. The molecule has 0 unspecified atom stereocenters. The third kappa shape index (κ3) is 8.22. The number of methoxy groups -OCH3 is 1. The first kappa shape index (κ1) is 21.2. The number of hydrogen-bond acceptors (Lipinski definition) is 5. The SMILES string of the molecule is CCCCNC(=O)N(CCOC)Cc1cccc(OS(=O)(=O)CC)c1. The number of benzene rings is 1. The third-order valence-corrected chi connectivity index (χ3v) is 4.66. The van der Waals surface area contributed by atoms with Gasteiger partial charge in [-0.05, 0) is 31.0 Å². The van der Waals surface area contributed by atoms with E-state index in [0.29, 0.717) is 26.2 Å². The van der Waals surface area contributed by atoms with Gasteiger partial charge in [0, 0.05) is 26.7 Å². The minimum absolute atomic E-state index is 0.100. The number of carbonyl (C=O) groups is 1. The van der Waals surface area contributed by atoms with E-state index in [4.69, 9.17) is 8.92 Å². The monoisotopic (exact) mass is 372 g/mol. The highest BCUT2D eigenvalue weighted by atomic mass is 32.2. The highest BCUT2D eigenvalue weighted by Crippen LogP contribution is 2.17. The van der Waals surface area contributed by atoms with Crippen LogP contribution in [0.1, 0.15) is 32.3 Å². The summed E-state index contributed by atoms with van der Waals surface area (Å²) in [6.45, 7) is 5.40. The maximum absolute atomic E-state index is 12.3. The molecule has 7 nitrogen and oxygen atoms in total. The van der Waals surface area contributed by atoms with Crippen molar-refractivity contribution in [1.82, 2.24) is 10.2 Å². The molecule has 1 aromatic rings. The first-order valence-electron chi connectivity index (χ1n) is 8.44. The van der Waals surface area contributed by atoms with E-state index < -0.39 is 10.1 Å². The predicted octanol–water partition coefficient (Wildman–Crippen LogP) is 2.37. The van der Waals surface area contributed by atoms with Gasteiger partial charge in [0.1, 0.15) is 5.75 Å². The molecule has 0 aromatic heterocycles. The minimum atomic E-state index is -3.58. The number of nitrogens with zero attached hydrogens (tertiary/aromatic N) is 1. The van der Waals surface area contributed by atoms with Crippen molar-refractivity contribution in [2.75, 3.05) is 32.6 Å². The van der Waals surface area contributed by atoms with E-state index in [1.54, 1.807) is 30.2 Å².